The number of allylic oxidation sites excluding steroid dienone is 3. The number of nitrogens with zero attached hydrogens (tertiary/aromatic N) is 2. The highest BCUT2D eigenvalue weighted by Crippen LogP contribution is 2.38. The topological polar surface area (TPSA) is 67.8 Å². The number of nitrogens with one attached hydrogen (secondary N) is 1. The minimum atomic E-state index is -3.49. The van der Waals surface area contributed by atoms with Crippen LogP contribution < -0.4 is 4.83 Å². The zero-order valence-electron chi connectivity index (χ0n) is 13.8. The Morgan fingerprint density at radius 3 is 2.64 bits per heavy atom. The van der Waals surface area contributed by atoms with Crippen molar-refractivity contribution in [2.45, 2.75) is 45.8 Å². The molecule has 0 spiro atoms. The van der Waals surface area contributed by atoms with Gasteiger partial charge in [0.25, 0.3) is 10.0 Å². The summed E-state index contributed by atoms with van der Waals surface area (Å²) in [5.74, 6) is 1.31. The van der Waals surface area contributed by atoms with E-state index in [2.05, 4.69) is 16.7 Å². The van der Waals surface area contributed by atoms with Crippen LogP contribution in [0, 0.1) is 0 Å². The minimum Gasteiger partial charge on any atom is -0.491 e. The van der Waals surface area contributed by atoms with Gasteiger partial charge in [0, 0.05) is 6.92 Å². The number of hydrogen-bond donors (Lipinski definition) is 1. The number of ether oxygens (including phenoxy) is 1. The lowest BCUT2D eigenvalue weighted by Crippen LogP contribution is -2.59. The Hall–Kier alpha value is -1.44. The van der Waals surface area contributed by atoms with Crippen LogP contribution in [0.3, 0.4) is 0 Å². The Bertz CT molecular complexity index is 687. The number of aliphatic imine (C=N–C) groups is 1. The molecule has 1 N–H and O–H groups in total. The molecule has 2 aliphatic rings. The zero-order chi connectivity index (χ0) is 16.5. The van der Waals surface area contributed by atoms with Crippen molar-refractivity contribution in [2.24, 2.45) is 4.99 Å². The van der Waals surface area contributed by atoms with Gasteiger partial charge in [-0.1, -0.05) is 13.3 Å². The summed E-state index contributed by atoms with van der Waals surface area (Å²) in [6, 6.07) is 0. The third-order valence-corrected chi connectivity index (χ3v) is 5.61. The summed E-state index contributed by atoms with van der Waals surface area (Å²) in [4.78, 5) is 7.39. The minimum absolute atomic E-state index is 0.116. The lowest BCUT2D eigenvalue weighted by Gasteiger charge is -2.33. The van der Waals surface area contributed by atoms with Crippen molar-refractivity contribution in [3.63, 3.8) is 0 Å². The van der Waals surface area contributed by atoms with E-state index < -0.39 is 15.3 Å². The first-order valence-electron chi connectivity index (χ1n) is 7.43. The van der Waals surface area contributed by atoms with Crippen LogP contribution in [0.5, 0.6) is 0 Å². The van der Waals surface area contributed by atoms with E-state index >= 15 is 0 Å². The molecule has 22 heavy (non-hydrogen) atoms. The normalized spacial score (nSPS) is 24.5. The van der Waals surface area contributed by atoms with Gasteiger partial charge in [-0.2, -0.15) is 4.99 Å². The average molecular weight is 326 g/mol. The van der Waals surface area contributed by atoms with E-state index in [9.17, 15) is 8.42 Å². The van der Waals surface area contributed by atoms with Crippen molar-refractivity contribution in [1.29, 1.82) is 0 Å². The average Bonchev–Trinajstić information content (AvgIpc) is 2.71. The van der Waals surface area contributed by atoms with Gasteiger partial charge >= 0.3 is 0 Å². The molecule has 0 aromatic carbocycles. The quantitative estimate of drug-likeness (QED) is 0.763. The van der Waals surface area contributed by atoms with Crippen molar-refractivity contribution in [1.82, 2.24) is 4.83 Å². The summed E-state index contributed by atoms with van der Waals surface area (Å²) in [7, 11) is -1.91. The van der Waals surface area contributed by atoms with Crippen molar-refractivity contribution in [3.8, 4) is 0 Å². The van der Waals surface area contributed by atoms with Crippen LogP contribution >= 0.6 is 0 Å². The number of hydrogen-bond acceptors (Lipinski definition) is 4. The standard InChI is InChI=1S/C15H24N3O3S/c1-6-8-13-15-14(21-5)9-7-10-18(15,12(4)16-13)17-22(19,20)11(2)3/h7,9-11,17H,6,8H2,1-5H3/q+1. The second-order valence-corrected chi connectivity index (χ2v) is 7.90. The van der Waals surface area contributed by atoms with E-state index in [1.165, 1.54) is 0 Å². The number of sulfonamides is 1. The molecule has 0 aromatic heterocycles. The molecule has 0 fully saturated rings. The van der Waals surface area contributed by atoms with Gasteiger partial charge in [0.15, 0.2) is 5.76 Å². The third kappa shape index (κ3) is 2.64. The Balaban J connectivity index is 2.59. The molecule has 0 aliphatic carbocycles. The van der Waals surface area contributed by atoms with E-state index in [1.807, 2.05) is 13.0 Å². The fraction of sp³-hybridized carbons (Fsp3) is 0.533. The van der Waals surface area contributed by atoms with Gasteiger partial charge in [0.1, 0.15) is 11.9 Å². The van der Waals surface area contributed by atoms with Crippen molar-refractivity contribution in [3.05, 3.63) is 35.5 Å². The van der Waals surface area contributed by atoms with Gasteiger partial charge in [-0.15, -0.1) is 4.59 Å². The SMILES string of the molecule is CCCC1=C2C(OC)=CC=C[N+]2(NS(=O)(=O)C(C)C)C(C)=N1. The highest BCUT2D eigenvalue weighted by molar-refractivity contribution is 7.89. The van der Waals surface area contributed by atoms with Crippen LogP contribution in [-0.2, 0) is 14.8 Å². The molecule has 122 valence electrons. The van der Waals surface area contributed by atoms with E-state index in [0.29, 0.717) is 11.6 Å². The summed E-state index contributed by atoms with van der Waals surface area (Å²) in [6.07, 6.45) is 7.11. The summed E-state index contributed by atoms with van der Waals surface area (Å²) in [6.45, 7) is 7.20. The predicted molar refractivity (Wildman–Crippen MR) is 86.7 cm³/mol. The Kier molecular flexibility index (Phi) is 4.60. The van der Waals surface area contributed by atoms with Gasteiger partial charge in [-0.25, -0.2) is 8.42 Å². The molecule has 0 bridgehead atoms. The van der Waals surface area contributed by atoms with Gasteiger partial charge in [0.05, 0.1) is 12.4 Å². The molecule has 7 heteroatoms. The first-order valence-corrected chi connectivity index (χ1v) is 8.98. The van der Waals surface area contributed by atoms with Crippen molar-refractivity contribution >= 4 is 15.9 Å². The monoisotopic (exact) mass is 326 g/mol. The summed E-state index contributed by atoms with van der Waals surface area (Å²) < 4.78 is 30.2. The first-order chi connectivity index (χ1) is 10.3. The Labute approximate surface area is 132 Å². The van der Waals surface area contributed by atoms with Crippen LogP contribution in [0.15, 0.2) is 40.5 Å². The van der Waals surface area contributed by atoms with Gasteiger partial charge < -0.3 is 4.74 Å². The van der Waals surface area contributed by atoms with Crippen LogP contribution in [0.4, 0.5) is 0 Å². The van der Waals surface area contributed by atoms with E-state index in [1.54, 1.807) is 33.2 Å². The maximum Gasteiger partial charge on any atom is 0.256 e. The van der Waals surface area contributed by atoms with Gasteiger partial charge in [-0.3, -0.25) is 0 Å². The summed E-state index contributed by atoms with van der Waals surface area (Å²) in [5, 5.41) is -0.533. The molecule has 0 aromatic rings. The lowest BCUT2D eigenvalue weighted by atomic mass is 10.1. The summed E-state index contributed by atoms with van der Waals surface area (Å²) in [5.41, 5.74) is 1.62. The van der Waals surface area contributed by atoms with Crippen LogP contribution in [0.1, 0.15) is 40.5 Å². The van der Waals surface area contributed by atoms with Crippen LogP contribution in [0.25, 0.3) is 0 Å². The maximum atomic E-state index is 12.4. The molecule has 2 heterocycles. The second-order valence-electron chi connectivity index (χ2n) is 5.69. The number of methoxy groups -OCH3 is 1. The molecule has 2 rings (SSSR count). The maximum absolute atomic E-state index is 12.4. The fourth-order valence-electron chi connectivity index (χ4n) is 2.55. The molecule has 0 saturated carbocycles. The molecule has 0 amide bonds. The highest BCUT2D eigenvalue weighted by Gasteiger charge is 2.49. The number of quaternary nitrogens is 1. The lowest BCUT2D eigenvalue weighted by molar-refractivity contribution is -0.778. The first kappa shape index (κ1) is 16.9. The largest absolute Gasteiger partial charge is 0.491 e. The highest BCUT2D eigenvalue weighted by atomic mass is 32.2. The molecule has 1 atom stereocenters. The molecular weight excluding hydrogens is 302 g/mol. The fourth-order valence-corrected chi connectivity index (χ4v) is 3.45. The molecule has 6 nitrogen and oxygen atoms in total. The van der Waals surface area contributed by atoms with E-state index in [4.69, 9.17) is 4.74 Å². The Morgan fingerprint density at radius 2 is 2.09 bits per heavy atom. The zero-order valence-corrected chi connectivity index (χ0v) is 14.6. The third-order valence-electron chi connectivity index (χ3n) is 3.82. The van der Waals surface area contributed by atoms with Crippen LogP contribution in [0.2, 0.25) is 0 Å². The molecule has 0 saturated heterocycles. The summed E-state index contributed by atoms with van der Waals surface area (Å²) >= 11 is 0. The smallest absolute Gasteiger partial charge is 0.256 e. The van der Waals surface area contributed by atoms with Crippen molar-refractivity contribution in [2.75, 3.05) is 7.11 Å². The molecule has 1 unspecified atom stereocenters. The number of rotatable bonds is 6. The van der Waals surface area contributed by atoms with Crippen LogP contribution in [-0.4, -0.2) is 31.2 Å². The van der Waals surface area contributed by atoms with E-state index in [-0.39, 0.29) is 4.59 Å². The van der Waals surface area contributed by atoms with Gasteiger partial charge in [0.2, 0.25) is 11.5 Å². The van der Waals surface area contributed by atoms with Crippen molar-refractivity contribution < 1.29 is 17.7 Å². The Morgan fingerprint density at radius 1 is 1.41 bits per heavy atom. The molecular formula is C15H24N3O3S+. The molecule has 0 radical (unpaired) electrons. The van der Waals surface area contributed by atoms with Gasteiger partial charge in [-0.05, 0) is 37.3 Å². The number of fused-ring (bicyclic) bond motifs is 1. The second kappa shape index (κ2) is 5.98. The number of amidine groups is 1. The van der Waals surface area contributed by atoms with E-state index in [0.717, 1.165) is 24.2 Å². The predicted octanol–water partition coefficient (Wildman–Crippen LogP) is 2.55. The molecule has 2 aliphatic heterocycles.